The van der Waals surface area contributed by atoms with E-state index in [1.807, 2.05) is 24.3 Å². The Bertz CT molecular complexity index is 1200. The lowest BCUT2D eigenvalue weighted by molar-refractivity contribution is -0.142. The third-order valence-corrected chi connectivity index (χ3v) is 6.87. The molecule has 0 saturated heterocycles. The molecule has 2 rings (SSSR count). The molecule has 3 amide bonds. The van der Waals surface area contributed by atoms with E-state index >= 15 is 0 Å². The summed E-state index contributed by atoms with van der Waals surface area (Å²) < 4.78 is 0. The number of rotatable bonds is 20. The SMILES string of the molecule is NCCCCC(NC(=O)C(CCCCN)NC(=O)C(CCC(=O)O)NC(=O)C(N)Cc1c[nH]c2ccccc12)C(=O)O. The highest BCUT2D eigenvalue weighted by molar-refractivity contribution is 5.94. The van der Waals surface area contributed by atoms with Crippen molar-refractivity contribution in [3.8, 4) is 0 Å². The average molecular weight is 590 g/mol. The Labute approximate surface area is 244 Å². The fourth-order valence-corrected chi connectivity index (χ4v) is 4.50. The van der Waals surface area contributed by atoms with Crippen LogP contribution >= 0.6 is 0 Å². The third kappa shape index (κ3) is 11.1. The Kier molecular flexibility index (Phi) is 14.4. The molecule has 0 radical (unpaired) electrons. The molecule has 0 aliphatic rings. The van der Waals surface area contributed by atoms with Gasteiger partial charge in [-0.05, 0) is 76.1 Å². The van der Waals surface area contributed by atoms with Gasteiger partial charge in [-0.15, -0.1) is 0 Å². The van der Waals surface area contributed by atoms with Crippen LogP contribution in [0.3, 0.4) is 0 Å². The molecule has 0 bridgehead atoms. The number of aromatic nitrogens is 1. The summed E-state index contributed by atoms with van der Waals surface area (Å²) in [7, 11) is 0. The van der Waals surface area contributed by atoms with Crippen LogP contribution in [0.15, 0.2) is 30.5 Å². The van der Waals surface area contributed by atoms with Gasteiger partial charge >= 0.3 is 11.9 Å². The molecule has 12 N–H and O–H groups in total. The van der Waals surface area contributed by atoms with Crippen LogP contribution in [-0.4, -0.2) is 82.1 Å². The molecule has 14 heteroatoms. The number of amides is 3. The molecule has 4 atom stereocenters. The zero-order chi connectivity index (χ0) is 31.1. The number of hydrogen-bond donors (Lipinski definition) is 9. The van der Waals surface area contributed by atoms with Gasteiger partial charge in [-0.3, -0.25) is 19.2 Å². The number of fused-ring (bicyclic) bond motifs is 1. The Hall–Kier alpha value is -4.01. The van der Waals surface area contributed by atoms with Crippen LogP contribution in [0.5, 0.6) is 0 Å². The highest BCUT2D eigenvalue weighted by Gasteiger charge is 2.30. The Balaban J connectivity index is 2.14. The van der Waals surface area contributed by atoms with Crippen LogP contribution in [0, 0.1) is 0 Å². The minimum Gasteiger partial charge on any atom is -0.481 e. The monoisotopic (exact) mass is 589 g/mol. The smallest absolute Gasteiger partial charge is 0.326 e. The van der Waals surface area contributed by atoms with Crippen LogP contribution in [0.4, 0.5) is 0 Å². The molecular formula is C28H43N7O7. The van der Waals surface area contributed by atoms with Crippen molar-refractivity contribution < 1.29 is 34.2 Å². The van der Waals surface area contributed by atoms with Crippen molar-refractivity contribution in [2.75, 3.05) is 13.1 Å². The van der Waals surface area contributed by atoms with Gasteiger partial charge in [0.25, 0.3) is 0 Å². The minimum atomic E-state index is -1.30. The van der Waals surface area contributed by atoms with Gasteiger partial charge in [0.15, 0.2) is 0 Å². The van der Waals surface area contributed by atoms with Gasteiger partial charge in [-0.25, -0.2) is 4.79 Å². The van der Waals surface area contributed by atoms with Crippen molar-refractivity contribution in [1.82, 2.24) is 20.9 Å². The number of nitrogens with one attached hydrogen (secondary N) is 4. The topological polar surface area (TPSA) is 256 Å². The molecular weight excluding hydrogens is 546 g/mol. The molecule has 2 aromatic rings. The van der Waals surface area contributed by atoms with E-state index < -0.39 is 60.2 Å². The summed E-state index contributed by atoms with van der Waals surface area (Å²) in [4.78, 5) is 65.4. The molecule has 0 aliphatic heterocycles. The van der Waals surface area contributed by atoms with E-state index in [0.717, 1.165) is 16.5 Å². The van der Waals surface area contributed by atoms with Crippen molar-refractivity contribution in [3.05, 3.63) is 36.0 Å². The zero-order valence-electron chi connectivity index (χ0n) is 23.6. The summed E-state index contributed by atoms with van der Waals surface area (Å²) in [6.45, 7) is 0.734. The van der Waals surface area contributed by atoms with Crippen molar-refractivity contribution in [2.45, 2.75) is 82.0 Å². The summed E-state index contributed by atoms with van der Waals surface area (Å²) in [5, 5.41) is 27.2. The number of benzene rings is 1. The maximum atomic E-state index is 13.3. The van der Waals surface area contributed by atoms with Gasteiger partial charge in [-0.1, -0.05) is 18.2 Å². The number of para-hydroxylation sites is 1. The molecule has 0 fully saturated rings. The number of carbonyl (C=O) groups is 5. The number of unbranched alkanes of at least 4 members (excludes halogenated alkanes) is 2. The summed E-state index contributed by atoms with van der Waals surface area (Å²) in [5.74, 6) is -4.56. The number of carboxylic acids is 2. The normalized spacial score (nSPS) is 14.0. The molecule has 1 aromatic heterocycles. The van der Waals surface area contributed by atoms with E-state index in [0.29, 0.717) is 38.8 Å². The van der Waals surface area contributed by atoms with Crippen molar-refractivity contribution in [1.29, 1.82) is 0 Å². The largest absolute Gasteiger partial charge is 0.481 e. The van der Waals surface area contributed by atoms with Gasteiger partial charge in [0, 0.05) is 23.5 Å². The lowest BCUT2D eigenvalue weighted by Gasteiger charge is -2.25. The van der Waals surface area contributed by atoms with Crippen LogP contribution in [-0.2, 0) is 30.4 Å². The lowest BCUT2D eigenvalue weighted by atomic mass is 10.0. The first-order chi connectivity index (χ1) is 20.1. The van der Waals surface area contributed by atoms with E-state index in [2.05, 4.69) is 20.9 Å². The zero-order valence-corrected chi connectivity index (χ0v) is 23.6. The second-order valence-electron chi connectivity index (χ2n) is 10.2. The first-order valence-electron chi connectivity index (χ1n) is 14.1. The molecule has 4 unspecified atom stereocenters. The van der Waals surface area contributed by atoms with Gasteiger partial charge in [-0.2, -0.15) is 0 Å². The van der Waals surface area contributed by atoms with Gasteiger partial charge in [0.1, 0.15) is 18.1 Å². The highest BCUT2D eigenvalue weighted by atomic mass is 16.4. The van der Waals surface area contributed by atoms with Crippen LogP contribution < -0.4 is 33.2 Å². The van der Waals surface area contributed by atoms with Gasteiger partial charge in [0.2, 0.25) is 17.7 Å². The van der Waals surface area contributed by atoms with Gasteiger partial charge < -0.3 is 48.3 Å². The van der Waals surface area contributed by atoms with Crippen LogP contribution in [0.25, 0.3) is 10.9 Å². The number of carbonyl (C=O) groups excluding carboxylic acids is 3. The number of H-pyrrole nitrogens is 1. The second kappa shape index (κ2) is 17.7. The van der Waals surface area contributed by atoms with E-state index in [-0.39, 0.29) is 25.7 Å². The molecule has 1 heterocycles. The maximum absolute atomic E-state index is 13.3. The molecule has 0 aliphatic carbocycles. The molecule has 0 spiro atoms. The molecule has 0 saturated carbocycles. The van der Waals surface area contributed by atoms with Crippen LogP contribution in [0.2, 0.25) is 0 Å². The Morgan fingerprint density at radius 2 is 1.31 bits per heavy atom. The van der Waals surface area contributed by atoms with E-state index in [1.54, 1.807) is 6.20 Å². The molecule has 1 aromatic carbocycles. The van der Waals surface area contributed by atoms with Crippen molar-refractivity contribution in [2.24, 2.45) is 17.2 Å². The highest BCUT2D eigenvalue weighted by Crippen LogP contribution is 2.19. The average Bonchev–Trinajstić information content (AvgIpc) is 3.36. The quantitative estimate of drug-likeness (QED) is 0.0911. The number of hydrogen-bond acceptors (Lipinski definition) is 8. The fourth-order valence-electron chi connectivity index (χ4n) is 4.50. The summed E-state index contributed by atoms with van der Waals surface area (Å²) >= 11 is 0. The molecule has 232 valence electrons. The summed E-state index contributed by atoms with van der Waals surface area (Å²) in [5.41, 5.74) is 18.9. The summed E-state index contributed by atoms with van der Waals surface area (Å²) in [6, 6.07) is 2.84. The van der Waals surface area contributed by atoms with E-state index in [1.165, 1.54) is 0 Å². The lowest BCUT2D eigenvalue weighted by Crippen LogP contribution is -2.57. The van der Waals surface area contributed by atoms with Gasteiger partial charge in [0.05, 0.1) is 6.04 Å². The maximum Gasteiger partial charge on any atom is 0.326 e. The molecule has 14 nitrogen and oxygen atoms in total. The summed E-state index contributed by atoms with van der Waals surface area (Å²) in [6.07, 6.45) is 3.64. The third-order valence-electron chi connectivity index (χ3n) is 6.87. The van der Waals surface area contributed by atoms with Crippen molar-refractivity contribution >= 4 is 40.6 Å². The number of aliphatic carboxylic acids is 2. The first-order valence-corrected chi connectivity index (χ1v) is 14.1. The number of aromatic amines is 1. The second-order valence-corrected chi connectivity index (χ2v) is 10.2. The number of carboxylic acid groups (broad SMARTS) is 2. The predicted molar refractivity (Wildman–Crippen MR) is 156 cm³/mol. The van der Waals surface area contributed by atoms with E-state index in [4.69, 9.17) is 17.2 Å². The Morgan fingerprint density at radius 3 is 1.90 bits per heavy atom. The standard InChI is InChI=1S/C28H43N7O7/c29-13-5-3-9-21(26(39)35-23(28(41)42)10-4-6-14-30)34-27(40)22(11-12-24(36)37)33-25(38)19(31)15-17-16-32-20-8-2-1-7-18(17)20/h1-2,7-8,16,19,21-23,32H,3-6,9-15,29-31H2,(H,33,38)(H,34,40)(H,35,39)(H,36,37)(H,41,42). The fraction of sp³-hybridized carbons (Fsp3) is 0.536. The minimum absolute atomic E-state index is 0.156. The van der Waals surface area contributed by atoms with Crippen LogP contribution in [0.1, 0.15) is 56.9 Å². The first kappa shape index (κ1) is 34.2. The van der Waals surface area contributed by atoms with E-state index in [9.17, 15) is 34.2 Å². The Morgan fingerprint density at radius 1 is 0.762 bits per heavy atom. The predicted octanol–water partition coefficient (Wildman–Crippen LogP) is -0.300. The van der Waals surface area contributed by atoms with Crippen molar-refractivity contribution in [3.63, 3.8) is 0 Å². The number of nitrogens with two attached hydrogens (primary N) is 3. The molecule has 42 heavy (non-hydrogen) atoms.